The Hall–Kier alpha value is -2.78. The van der Waals surface area contributed by atoms with Crippen LogP contribution < -0.4 is 4.90 Å². The fourth-order valence-electron chi connectivity index (χ4n) is 3.23. The first-order valence-electron chi connectivity index (χ1n) is 8.76. The van der Waals surface area contributed by atoms with Gasteiger partial charge in [0.2, 0.25) is 5.95 Å². The largest absolute Gasteiger partial charge is 0.390 e. The summed E-state index contributed by atoms with van der Waals surface area (Å²) in [6, 6.07) is 11.8. The zero-order valence-corrected chi connectivity index (χ0v) is 14.5. The Morgan fingerprint density at radius 2 is 1.81 bits per heavy atom. The molecule has 3 heterocycles. The quantitative estimate of drug-likeness (QED) is 0.669. The summed E-state index contributed by atoms with van der Waals surface area (Å²) in [5.41, 5.74) is 0.949. The lowest BCUT2D eigenvalue weighted by Gasteiger charge is -2.35. The fourth-order valence-corrected chi connectivity index (χ4v) is 3.23. The van der Waals surface area contributed by atoms with Gasteiger partial charge in [-0.1, -0.05) is 23.3 Å². The van der Waals surface area contributed by atoms with E-state index >= 15 is 0 Å². The van der Waals surface area contributed by atoms with E-state index < -0.39 is 6.10 Å². The van der Waals surface area contributed by atoms with Crippen molar-refractivity contribution in [3.63, 3.8) is 0 Å². The number of aromatic nitrogens is 6. The van der Waals surface area contributed by atoms with Crippen LogP contribution in [0.25, 0.3) is 5.69 Å². The SMILES string of the molecule is OC(CN1CCN(c2nnnn2-c2ccccc2)CC1)Cn1cccn1. The molecule has 26 heavy (non-hydrogen) atoms. The molecule has 1 N–H and O–H groups in total. The molecule has 1 atom stereocenters. The second-order valence-electron chi connectivity index (χ2n) is 6.40. The normalized spacial score (nSPS) is 16.7. The van der Waals surface area contributed by atoms with Crippen molar-refractivity contribution in [3.8, 4) is 5.69 Å². The molecule has 3 aromatic rings. The standard InChI is InChI=1S/C17H22N8O/c26-16(14-24-8-4-7-18-24)13-22-9-11-23(12-10-22)17-19-20-21-25(17)15-5-2-1-3-6-15/h1-8,16,26H,9-14H2. The van der Waals surface area contributed by atoms with E-state index in [0.717, 1.165) is 37.8 Å². The summed E-state index contributed by atoms with van der Waals surface area (Å²) >= 11 is 0. The van der Waals surface area contributed by atoms with Crippen LogP contribution in [0.4, 0.5) is 5.95 Å². The van der Waals surface area contributed by atoms with E-state index in [0.29, 0.717) is 13.1 Å². The molecule has 1 saturated heterocycles. The van der Waals surface area contributed by atoms with Crippen LogP contribution in [-0.4, -0.2) is 78.8 Å². The molecule has 4 rings (SSSR count). The third-order valence-corrected chi connectivity index (χ3v) is 4.53. The van der Waals surface area contributed by atoms with Gasteiger partial charge in [-0.15, -0.1) is 0 Å². The van der Waals surface area contributed by atoms with E-state index in [4.69, 9.17) is 0 Å². The third kappa shape index (κ3) is 3.73. The number of para-hydroxylation sites is 1. The second-order valence-corrected chi connectivity index (χ2v) is 6.40. The van der Waals surface area contributed by atoms with Gasteiger partial charge >= 0.3 is 0 Å². The number of piperazine rings is 1. The average molecular weight is 354 g/mol. The highest BCUT2D eigenvalue weighted by molar-refractivity contribution is 5.40. The number of hydrogen-bond donors (Lipinski definition) is 1. The van der Waals surface area contributed by atoms with E-state index in [-0.39, 0.29) is 0 Å². The molecule has 0 radical (unpaired) electrons. The van der Waals surface area contributed by atoms with Crippen LogP contribution in [-0.2, 0) is 6.54 Å². The molecule has 0 saturated carbocycles. The number of aliphatic hydroxyl groups is 1. The fraction of sp³-hybridized carbons (Fsp3) is 0.412. The van der Waals surface area contributed by atoms with E-state index in [1.165, 1.54) is 0 Å². The van der Waals surface area contributed by atoms with E-state index in [1.54, 1.807) is 15.6 Å². The summed E-state index contributed by atoms with van der Waals surface area (Å²) in [6.07, 6.45) is 3.16. The van der Waals surface area contributed by atoms with Gasteiger partial charge in [0.05, 0.1) is 18.3 Å². The first-order chi connectivity index (χ1) is 12.8. The smallest absolute Gasteiger partial charge is 0.250 e. The van der Waals surface area contributed by atoms with Gasteiger partial charge in [0.25, 0.3) is 0 Å². The minimum atomic E-state index is -0.434. The van der Waals surface area contributed by atoms with Crippen LogP contribution in [0.15, 0.2) is 48.8 Å². The summed E-state index contributed by atoms with van der Waals surface area (Å²) < 4.78 is 3.52. The topological polar surface area (TPSA) is 88.1 Å². The minimum absolute atomic E-state index is 0.434. The van der Waals surface area contributed by atoms with E-state index in [2.05, 4.69) is 30.4 Å². The lowest BCUT2D eigenvalue weighted by Crippen LogP contribution is -2.49. The number of benzene rings is 1. The molecule has 1 fully saturated rings. The number of β-amino-alcohol motifs (C(OH)–C–C–N with tert-alkyl or cyclic N) is 1. The highest BCUT2D eigenvalue weighted by Gasteiger charge is 2.23. The van der Waals surface area contributed by atoms with Crippen molar-refractivity contribution in [2.45, 2.75) is 12.6 Å². The number of aliphatic hydroxyl groups excluding tert-OH is 1. The van der Waals surface area contributed by atoms with Crippen molar-refractivity contribution in [3.05, 3.63) is 48.8 Å². The number of nitrogens with zero attached hydrogens (tertiary/aromatic N) is 8. The first-order valence-corrected chi connectivity index (χ1v) is 8.76. The van der Waals surface area contributed by atoms with Gasteiger partial charge in [-0.3, -0.25) is 9.58 Å². The molecular formula is C17H22N8O. The summed E-state index contributed by atoms with van der Waals surface area (Å²) in [4.78, 5) is 4.45. The summed E-state index contributed by atoms with van der Waals surface area (Å²) in [5.74, 6) is 0.757. The van der Waals surface area contributed by atoms with Gasteiger partial charge in [-0.05, 0) is 28.6 Å². The Bertz CT molecular complexity index is 795. The Balaban J connectivity index is 1.34. The van der Waals surface area contributed by atoms with Gasteiger partial charge in [-0.2, -0.15) is 9.78 Å². The molecule has 136 valence electrons. The van der Waals surface area contributed by atoms with E-state index in [1.807, 2.05) is 42.6 Å². The number of tetrazole rings is 1. The number of rotatable bonds is 6. The van der Waals surface area contributed by atoms with Crippen LogP contribution in [0.2, 0.25) is 0 Å². The maximum absolute atomic E-state index is 10.3. The first kappa shape index (κ1) is 16.7. The Labute approximate surface area is 151 Å². The molecule has 0 bridgehead atoms. The second kappa shape index (κ2) is 7.63. The van der Waals surface area contributed by atoms with Crippen LogP contribution in [0.3, 0.4) is 0 Å². The highest BCUT2D eigenvalue weighted by Crippen LogP contribution is 2.17. The summed E-state index contributed by atoms with van der Waals surface area (Å²) in [7, 11) is 0. The number of anilines is 1. The van der Waals surface area contributed by atoms with Crippen LogP contribution in [0.5, 0.6) is 0 Å². The molecule has 0 aliphatic carbocycles. The number of hydrogen-bond acceptors (Lipinski definition) is 7. The summed E-state index contributed by atoms with van der Waals surface area (Å²) in [5, 5.41) is 26.6. The Morgan fingerprint density at radius 1 is 1.00 bits per heavy atom. The van der Waals surface area contributed by atoms with Crippen molar-refractivity contribution in [2.75, 3.05) is 37.6 Å². The lowest BCUT2D eigenvalue weighted by atomic mass is 10.2. The van der Waals surface area contributed by atoms with Crippen LogP contribution in [0.1, 0.15) is 0 Å². The van der Waals surface area contributed by atoms with Gasteiger partial charge in [-0.25, -0.2) is 0 Å². The van der Waals surface area contributed by atoms with Gasteiger partial charge in [0.15, 0.2) is 0 Å². The van der Waals surface area contributed by atoms with Crippen molar-refractivity contribution in [2.24, 2.45) is 0 Å². The van der Waals surface area contributed by atoms with Crippen LogP contribution in [0, 0.1) is 0 Å². The molecule has 0 amide bonds. The van der Waals surface area contributed by atoms with Crippen molar-refractivity contribution >= 4 is 5.95 Å². The zero-order valence-electron chi connectivity index (χ0n) is 14.5. The third-order valence-electron chi connectivity index (χ3n) is 4.53. The molecular weight excluding hydrogens is 332 g/mol. The molecule has 0 spiro atoms. The molecule has 9 nitrogen and oxygen atoms in total. The highest BCUT2D eigenvalue weighted by atomic mass is 16.3. The zero-order chi connectivity index (χ0) is 17.8. The van der Waals surface area contributed by atoms with Gasteiger partial charge in [0, 0.05) is 45.1 Å². The average Bonchev–Trinajstić information content (AvgIpc) is 3.35. The molecule has 9 heteroatoms. The monoisotopic (exact) mass is 354 g/mol. The molecule has 1 unspecified atom stereocenters. The Morgan fingerprint density at radius 3 is 2.54 bits per heavy atom. The predicted molar refractivity (Wildman–Crippen MR) is 96.0 cm³/mol. The van der Waals surface area contributed by atoms with Crippen molar-refractivity contribution < 1.29 is 5.11 Å². The maximum atomic E-state index is 10.3. The maximum Gasteiger partial charge on any atom is 0.250 e. The summed E-state index contributed by atoms with van der Waals surface area (Å²) in [6.45, 7) is 4.51. The molecule has 2 aromatic heterocycles. The minimum Gasteiger partial charge on any atom is -0.390 e. The van der Waals surface area contributed by atoms with E-state index in [9.17, 15) is 5.11 Å². The predicted octanol–water partition coefficient (Wildman–Crippen LogP) is 0.0419. The molecule has 1 aromatic carbocycles. The molecule has 1 aliphatic rings. The van der Waals surface area contributed by atoms with Gasteiger partial charge < -0.3 is 10.0 Å². The van der Waals surface area contributed by atoms with Crippen LogP contribution >= 0.6 is 0 Å². The molecule has 1 aliphatic heterocycles. The van der Waals surface area contributed by atoms with Gasteiger partial charge in [0.1, 0.15) is 0 Å². The van der Waals surface area contributed by atoms with Crippen molar-refractivity contribution in [1.29, 1.82) is 0 Å². The lowest BCUT2D eigenvalue weighted by molar-refractivity contribution is 0.0919. The Kier molecular flexibility index (Phi) is 4.89. The van der Waals surface area contributed by atoms with Crippen molar-refractivity contribution in [1.82, 2.24) is 34.9 Å².